The van der Waals surface area contributed by atoms with Crippen molar-refractivity contribution in [1.29, 1.82) is 0 Å². The van der Waals surface area contributed by atoms with Gasteiger partial charge in [-0.05, 0) is 36.8 Å². The van der Waals surface area contributed by atoms with Gasteiger partial charge in [-0.1, -0.05) is 35.9 Å². The van der Waals surface area contributed by atoms with Crippen LogP contribution in [0, 0.1) is 6.92 Å². The predicted octanol–water partition coefficient (Wildman–Crippen LogP) is 3.75. The third kappa shape index (κ3) is 2.75. The number of nitrogens with one attached hydrogen (secondary N) is 1. The number of rotatable bonds is 4. The van der Waals surface area contributed by atoms with E-state index in [0.29, 0.717) is 27.5 Å². The second kappa shape index (κ2) is 7.04. The van der Waals surface area contributed by atoms with Crippen molar-refractivity contribution in [2.45, 2.75) is 25.4 Å². The predicted molar refractivity (Wildman–Crippen MR) is 112 cm³/mol. The van der Waals surface area contributed by atoms with Gasteiger partial charge in [-0.15, -0.1) is 6.58 Å². The van der Waals surface area contributed by atoms with Gasteiger partial charge < -0.3 is 10.2 Å². The Kier molecular flexibility index (Phi) is 4.67. The summed E-state index contributed by atoms with van der Waals surface area (Å²) in [5.41, 5.74) is 0.657. The molecule has 0 aromatic heterocycles. The smallest absolute Gasteiger partial charge is 0.271 e. The first kappa shape index (κ1) is 19.2. The Balaban J connectivity index is 1.86. The van der Waals surface area contributed by atoms with Gasteiger partial charge >= 0.3 is 0 Å². The largest absolute Gasteiger partial charge is 0.322 e. The molecule has 0 aliphatic carbocycles. The molecule has 1 unspecified atom stereocenters. The maximum absolute atomic E-state index is 13.6. The van der Waals surface area contributed by atoms with Crippen LogP contribution in [-0.2, 0) is 9.59 Å². The summed E-state index contributed by atoms with van der Waals surface area (Å²) in [7, 11) is 0. The van der Waals surface area contributed by atoms with E-state index in [9.17, 15) is 14.4 Å². The van der Waals surface area contributed by atoms with Crippen LogP contribution in [-0.4, -0.2) is 34.8 Å². The average Bonchev–Trinajstić information content (AvgIpc) is 3.07. The van der Waals surface area contributed by atoms with Crippen LogP contribution in [0.15, 0.2) is 55.1 Å². The molecule has 1 N–H and O–H groups in total. The molecule has 0 radical (unpaired) electrons. The van der Waals surface area contributed by atoms with Gasteiger partial charge in [-0.3, -0.25) is 19.3 Å². The van der Waals surface area contributed by atoms with Crippen molar-refractivity contribution in [3.8, 4) is 0 Å². The minimum atomic E-state index is -1.45. The van der Waals surface area contributed by atoms with Crippen LogP contribution < -0.4 is 10.2 Å². The van der Waals surface area contributed by atoms with Crippen molar-refractivity contribution < 1.29 is 14.4 Å². The molecule has 3 amide bonds. The summed E-state index contributed by atoms with van der Waals surface area (Å²) in [6, 6.07) is 12.1. The van der Waals surface area contributed by atoms with Gasteiger partial charge in [-0.2, -0.15) is 0 Å². The Morgan fingerprint density at radius 3 is 2.76 bits per heavy atom. The van der Waals surface area contributed by atoms with Crippen LogP contribution in [0.3, 0.4) is 0 Å². The summed E-state index contributed by atoms with van der Waals surface area (Å²) in [5.74, 6) is -0.945. The lowest BCUT2D eigenvalue weighted by Crippen LogP contribution is -2.69. The van der Waals surface area contributed by atoms with E-state index in [0.717, 1.165) is 0 Å². The fourth-order valence-electron chi connectivity index (χ4n) is 4.13. The van der Waals surface area contributed by atoms with Gasteiger partial charge in [-0.25, -0.2) is 0 Å². The fourth-order valence-corrected chi connectivity index (χ4v) is 4.30. The van der Waals surface area contributed by atoms with Crippen molar-refractivity contribution in [1.82, 2.24) is 4.90 Å². The molecule has 2 aliphatic rings. The van der Waals surface area contributed by atoms with E-state index in [2.05, 4.69) is 11.9 Å². The zero-order valence-corrected chi connectivity index (χ0v) is 16.7. The van der Waals surface area contributed by atoms with Gasteiger partial charge in [0.2, 0.25) is 11.6 Å². The van der Waals surface area contributed by atoms with E-state index in [1.165, 1.54) is 9.80 Å². The van der Waals surface area contributed by atoms with Crippen LogP contribution in [0.2, 0.25) is 5.02 Å². The monoisotopic (exact) mass is 409 g/mol. The zero-order chi connectivity index (χ0) is 20.8. The van der Waals surface area contributed by atoms with Crippen LogP contribution >= 0.6 is 11.6 Å². The molecule has 4 rings (SSSR count). The molecule has 29 heavy (non-hydrogen) atoms. The molecule has 2 heterocycles. The minimum absolute atomic E-state index is 0.138. The fraction of sp³-hybridized carbons (Fsp3) is 0.227. The maximum atomic E-state index is 13.6. The third-order valence-electron chi connectivity index (χ3n) is 5.57. The first-order chi connectivity index (χ1) is 13.9. The molecular formula is C22H20ClN3O3. The Hall–Kier alpha value is -3.12. The summed E-state index contributed by atoms with van der Waals surface area (Å²) in [4.78, 5) is 42.7. The molecule has 1 saturated heterocycles. The highest BCUT2D eigenvalue weighted by atomic mass is 35.5. The number of hydrogen-bond acceptors (Lipinski definition) is 3. The average molecular weight is 410 g/mol. The number of para-hydroxylation sites is 1. The molecule has 7 heteroatoms. The van der Waals surface area contributed by atoms with Crippen LogP contribution in [0.4, 0.5) is 11.4 Å². The van der Waals surface area contributed by atoms with Crippen LogP contribution in [0.5, 0.6) is 0 Å². The highest BCUT2D eigenvalue weighted by Gasteiger charge is 2.60. The standard InChI is InChI=1S/C22H20ClN3O3/c1-3-13-25-20(28)15-7-4-5-10-18(15)26-19(27)11-12-22(25,26)21(29)24-17-9-6-8-16(23)14(17)2/h3-10H,1,11-13H2,2H3,(H,24,29). The Labute approximate surface area is 173 Å². The lowest BCUT2D eigenvalue weighted by atomic mass is 9.95. The zero-order valence-electron chi connectivity index (χ0n) is 15.9. The summed E-state index contributed by atoms with van der Waals surface area (Å²) >= 11 is 6.19. The molecule has 2 aromatic carbocycles. The Bertz CT molecular complexity index is 1050. The molecule has 2 aliphatic heterocycles. The van der Waals surface area contributed by atoms with Crippen molar-refractivity contribution in [3.63, 3.8) is 0 Å². The van der Waals surface area contributed by atoms with Gasteiger partial charge in [0.05, 0.1) is 11.3 Å². The quantitative estimate of drug-likeness (QED) is 0.782. The van der Waals surface area contributed by atoms with Crippen molar-refractivity contribution >= 4 is 40.7 Å². The molecule has 1 atom stereocenters. The lowest BCUT2D eigenvalue weighted by molar-refractivity contribution is -0.128. The summed E-state index contributed by atoms with van der Waals surface area (Å²) in [6.07, 6.45) is 1.93. The number of nitrogens with zero attached hydrogens (tertiary/aromatic N) is 2. The number of anilines is 2. The third-order valence-corrected chi connectivity index (χ3v) is 5.97. The molecule has 0 bridgehead atoms. The maximum Gasteiger partial charge on any atom is 0.271 e. The van der Waals surface area contributed by atoms with Crippen molar-refractivity contribution in [2.24, 2.45) is 0 Å². The number of carbonyl (C=O) groups is 3. The highest BCUT2D eigenvalue weighted by Crippen LogP contribution is 2.45. The summed E-state index contributed by atoms with van der Waals surface area (Å²) in [6.45, 7) is 5.67. The molecule has 1 fully saturated rings. The highest BCUT2D eigenvalue weighted by molar-refractivity contribution is 6.31. The lowest BCUT2D eigenvalue weighted by Gasteiger charge is -2.48. The molecule has 148 valence electrons. The topological polar surface area (TPSA) is 69.7 Å². The van der Waals surface area contributed by atoms with Gasteiger partial charge in [0.25, 0.3) is 11.8 Å². The first-order valence-electron chi connectivity index (χ1n) is 9.33. The number of fused-ring (bicyclic) bond motifs is 3. The van der Waals surface area contributed by atoms with E-state index < -0.39 is 11.6 Å². The SMILES string of the molecule is C=CCN1C(=O)c2ccccc2N2C(=O)CCC12C(=O)Nc1cccc(Cl)c1C. The number of hydrogen-bond donors (Lipinski definition) is 1. The summed E-state index contributed by atoms with van der Waals surface area (Å²) in [5, 5.41) is 3.42. The molecule has 0 spiro atoms. The van der Waals surface area contributed by atoms with Crippen LogP contribution in [0.25, 0.3) is 0 Å². The van der Waals surface area contributed by atoms with Gasteiger partial charge in [0.1, 0.15) is 0 Å². The van der Waals surface area contributed by atoms with Crippen molar-refractivity contribution in [3.05, 3.63) is 71.3 Å². The van der Waals surface area contributed by atoms with E-state index in [1.807, 2.05) is 0 Å². The van der Waals surface area contributed by atoms with Crippen molar-refractivity contribution in [2.75, 3.05) is 16.8 Å². The number of benzene rings is 2. The van der Waals surface area contributed by atoms with Gasteiger partial charge in [0, 0.05) is 30.1 Å². The first-order valence-corrected chi connectivity index (χ1v) is 9.71. The normalized spacial score (nSPS) is 20.3. The molecule has 0 saturated carbocycles. The number of carbonyl (C=O) groups excluding carboxylic acids is 3. The minimum Gasteiger partial charge on any atom is -0.322 e. The summed E-state index contributed by atoms with van der Waals surface area (Å²) < 4.78 is 0. The molecule has 6 nitrogen and oxygen atoms in total. The second-order valence-electron chi connectivity index (χ2n) is 7.13. The van der Waals surface area contributed by atoms with Crippen LogP contribution in [0.1, 0.15) is 28.8 Å². The Morgan fingerprint density at radius 1 is 1.24 bits per heavy atom. The van der Waals surface area contributed by atoms with E-state index in [-0.39, 0.29) is 31.2 Å². The van der Waals surface area contributed by atoms with Gasteiger partial charge in [0.15, 0.2) is 0 Å². The Morgan fingerprint density at radius 2 is 2.00 bits per heavy atom. The second-order valence-corrected chi connectivity index (χ2v) is 7.54. The molecule has 2 aromatic rings. The van der Waals surface area contributed by atoms with E-state index in [1.54, 1.807) is 55.5 Å². The number of amides is 3. The van der Waals surface area contributed by atoms with E-state index >= 15 is 0 Å². The van der Waals surface area contributed by atoms with E-state index in [4.69, 9.17) is 11.6 Å². The number of halogens is 1. The molecular weight excluding hydrogens is 390 g/mol.